The predicted octanol–water partition coefficient (Wildman–Crippen LogP) is 3.18. The molecule has 0 amide bonds. The second-order valence-electron chi connectivity index (χ2n) is 4.74. The van der Waals surface area contributed by atoms with Crippen molar-refractivity contribution in [3.8, 4) is 11.4 Å². The number of imidazole rings is 1. The molecule has 4 aromatic rings. The fraction of sp³-hybridized carbons (Fsp3) is 0.0625. The second-order valence-corrected chi connectivity index (χ2v) is 4.74. The van der Waals surface area contributed by atoms with Gasteiger partial charge in [-0.3, -0.25) is 9.97 Å². The van der Waals surface area contributed by atoms with E-state index < -0.39 is 0 Å². The average Bonchev–Trinajstić information content (AvgIpc) is 2.84. The molecule has 0 aliphatic rings. The van der Waals surface area contributed by atoms with Crippen molar-refractivity contribution < 1.29 is 0 Å². The molecule has 4 nitrogen and oxygen atoms in total. The normalized spacial score (nSPS) is 11.2. The number of hydrogen-bond acceptors (Lipinski definition) is 3. The van der Waals surface area contributed by atoms with E-state index in [4.69, 9.17) is 4.98 Å². The van der Waals surface area contributed by atoms with Crippen molar-refractivity contribution in [2.45, 2.75) is 0 Å². The highest BCUT2D eigenvalue weighted by Gasteiger charge is 2.10. The van der Waals surface area contributed by atoms with E-state index in [-0.39, 0.29) is 0 Å². The first-order valence-electron chi connectivity index (χ1n) is 6.45. The molecule has 2 aromatic carbocycles. The van der Waals surface area contributed by atoms with Gasteiger partial charge in [0, 0.05) is 25.0 Å². The number of para-hydroxylation sites is 2. The summed E-state index contributed by atoms with van der Waals surface area (Å²) >= 11 is 0. The summed E-state index contributed by atoms with van der Waals surface area (Å²) in [5.41, 5.74) is 4.97. The molecule has 96 valence electrons. The zero-order valence-corrected chi connectivity index (χ0v) is 11.0. The maximum Gasteiger partial charge on any atom is 0.140 e. The zero-order valence-electron chi connectivity index (χ0n) is 11.0. The van der Waals surface area contributed by atoms with E-state index in [2.05, 4.69) is 20.6 Å². The monoisotopic (exact) mass is 260 g/mol. The maximum absolute atomic E-state index is 4.70. The average molecular weight is 260 g/mol. The van der Waals surface area contributed by atoms with Crippen LogP contribution in [0, 0.1) is 0 Å². The van der Waals surface area contributed by atoms with E-state index >= 15 is 0 Å². The zero-order chi connectivity index (χ0) is 13.5. The van der Waals surface area contributed by atoms with E-state index in [9.17, 15) is 0 Å². The minimum Gasteiger partial charge on any atom is -0.327 e. The van der Waals surface area contributed by atoms with Gasteiger partial charge in [-0.15, -0.1) is 0 Å². The van der Waals surface area contributed by atoms with Gasteiger partial charge in [-0.2, -0.15) is 0 Å². The van der Waals surface area contributed by atoms with Gasteiger partial charge in [0.2, 0.25) is 0 Å². The summed E-state index contributed by atoms with van der Waals surface area (Å²) in [5.74, 6) is 0.943. The minimum atomic E-state index is 0.886. The first kappa shape index (κ1) is 11.1. The summed E-state index contributed by atoms with van der Waals surface area (Å²) in [7, 11) is 2.03. The molecule has 0 aliphatic heterocycles. The van der Waals surface area contributed by atoms with Gasteiger partial charge in [-0.1, -0.05) is 12.1 Å². The Balaban J connectivity index is 1.98. The summed E-state index contributed by atoms with van der Waals surface area (Å²) in [5, 5.41) is 0. The molecule has 0 saturated heterocycles. The lowest BCUT2D eigenvalue weighted by atomic mass is 10.2. The lowest BCUT2D eigenvalue weighted by Crippen LogP contribution is -1.93. The largest absolute Gasteiger partial charge is 0.327 e. The van der Waals surface area contributed by atoms with Crippen LogP contribution < -0.4 is 0 Å². The van der Waals surface area contributed by atoms with E-state index in [1.807, 2.05) is 43.4 Å². The summed E-state index contributed by atoms with van der Waals surface area (Å²) in [6, 6.07) is 14.2. The summed E-state index contributed by atoms with van der Waals surface area (Å²) in [4.78, 5) is 13.3. The van der Waals surface area contributed by atoms with Crippen LogP contribution in [0.3, 0.4) is 0 Å². The van der Waals surface area contributed by atoms with Gasteiger partial charge in [-0.25, -0.2) is 4.98 Å². The quantitative estimate of drug-likeness (QED) is 0.528. The number of fused-ring (bicyclic) bond motifs is 2. The Labute approximate surface area is 115 Å². The lowest BCUT2D eigenvalue weighted by molar-refractivity contribution is 0.959. The Morgan fingerprint density at radius 3 is 2.50 bits per heavy atom. The molecule has 0 bridgehead atoms. The molecule has 4 rings (SSSR count). The van der Waals surface area contributed by atoms with E-state index in [0.717, 1.165) is 33.5 Å². The van der Waals surface area contributed by atoms with Crippen molar-refractivity contribution in [3.63, 3.8) is 0 Å². The van der Waals surface area contributed by atoms with Crippen molar-refractivity contribution in [2.75, 3.05) is 0 Å². The van der Waals surface area contributed by atoms with E-state index in [1.54, 1.807) is 12.4 Å². The van der Waals surface area contributed by atoms with Crippen LogP contribution in [0.4, 0.5) is 0 Å². The number of benzene rings is 2. The van der Waals surface area contributed by atoms with Crippen LogP contribution in [0.5, 0.6) is 0 Å². The van der Waals surface area contributed by atoms with Gasteiger partial charge < -0.3 is 4.57 Å². The molecular formula is C16H12N4. The third-order valence-electron chi connectivity index (χ3n) is 3.51. The van der Waals surface area contributed by atoms with Gasteiger partial charge in [-0.05, 0) is 30.3 Å². The molecule has 0 radical (unpaired) electrons. The summed E-state index contributed by atoms with van der Waals surface area (Å²) < 4.78 is 2.10. The molecule has 0 saturated carbocycles. The highest BCUT2D eigenvalue weighted by atomic mass is 15.1. The van der Waals surface area contributed by atoms with Gasteiger partial charge in [0.25, 0.3) is 0 Å². The Hall–Kier alpha value is -2.75. The molecule has 2 heterocycles. The van der Waals surface area contributed by atoms with Crippen molar-refractivity contribution in [3.05, 3.63) is 54.9 Å². The van der Waals surface area contributed by atoms with Crippen LogP contribution in [-0.4, -0.2) is 19.5 Å². The first-order chi connectivity index (χ1) is 9.83. The van der Waals surface area contributed by atoms with Crippen molar-refractivity contribution in [1.29, 1.82) is 0 Å². The highest BCUT2D eigenvalue weighted by Crippen LogP contribution is 2.25. The predicted molar refractivity (Wildman–Crippen MR) is 79.2 cm³/mol. The molecular weight excluding hydrogens is 248 g/mol. The van der Waals surface area contributed by atoms with Crippen LogP contribution in [0.15, 0.2) is 54.9 Å². The lowest BCUT2D eigenvalue weighted by Gasteiger charge is -2.03. The van der Waals surface area contributed by atoms with Crippen LogP contribution in [0.25, 0.3) is 33.5 Å². The number of rotatable bonds is 1. The fourth-order valence-electron chi connectivity index (χ4n) is 2.51. The third kappa shape index (κ3) is 1.58. The van der Waals surface area contributed by atoms with E-state index in [1.165, 1.54) is 0 Å². The Bertz CT molecular complexity index is 924. The highest BCUT2D eigenvalue weighted by molar-refractivity contribution is 5.84. The van der Waals surface area contributed by atoms with Crippen molar-refractivity contribution in [2.24, 2.45) is 7.05 Å². The van der Waals surface area contributed by atoms with E-state index in [0.29, 0.717) is 0 Å². The number of hydrogen-bond donors (Lipinski definition) is 0. The number of nitrogens with zero attached hydrogens (tertiary/aromatic N) is 4. The molecule has 4 heteroatoms. The smallest absolute Gasteiger partial charge is 0.140 e. The minimum absolute atomic E-state index is 0.886. The second kappa shape index (κ2) is 4.13. The number of aryl methyl sites for hydroxylation is 1. The standard InChI is InChI=1S/C16H12N4/c1-20-15-5-3-2-4-13(15)19-16(20)11-6-7-12-14(10-11)18-9-8-17-12/h2-10H,1H3. The van der Waals surface area contributed by atoms with Gasteiger partial charge in [0.05, 0.1) is 22.1 Å². The molecule has 0 unspecified atom stereocenters. The summed E-state index contributed by atoms with van der Waals surface area (Å²) in [6.45, 7) is 0. The van der Waals surface area contributed by atoms with Crippen LogP contribution in [0.1, 0.15) is 0 Å². The molecule has 0 aliphatic carbocycles. The molecule has 0 fully saturated rings. The topological polar surface area (TPSA) is 43.6 Å². The Morgan fingerprint density at radius 1 is 0.850 bits per heavy atom. The van der Waals surface area contributed by atoms with Crippen LogP contribution in [0.2, 0.25) is 0 Å². The molecule has 20 heavy (non-hydrogen) atoms. The Morgan fingerprint density at radius 2 is 1.65 bits per heavy atom. The van der Waals surface area contributed by atoms with Crippen LogP contribution in [-0.2, 0) is 7.05 Å². The maximum atomic E-state index is 4.70. The van der Waals surface area contributed by atoms with Crippen molar-refractivity contribution in [1.82, 2.24) is 19.5 Å². The molecule has 0 N–H and O–H groups in total. The first-order valence-corrected chi connectivity index (χ1v) is 6.45. The van der Waals surface area contributed by atoms with Gasteiger partial charge in [0.1, 0.15) is 5.82 Å². The fourth-order valence-corrected chi connectivity index (χ4v) is 2.51. The Kier molecular flexibility index (Phi) is 2.29. The van der Waals surface area contributed by atoms with Crippen LogP contribution >= 0.6 is 0 Å². The summed E-state index contributed by atoms with van der Waals surface area (Å²) in [6.07, 6.45) is 3.41. The molecule has 0 atom stereocenters. The van der Waals surface area contributed by atoms with Crippen molar-refractivity contribution >= 4 is 22.1 Å². The number of aromatic nitrogens is 4. The third-order valence-corrected chi connectivity index (χ3v) is 3.51. The van der Waals surface area contributed by atoms with Gasteiger partial charge >= 0.3 is 0 Å². The SMILES string of the molecule is Cn1c(-c2ccc3nccnc3c2)nc2ccccc21. The molecule has 0 spiro atoms. The van der Waals surface area contributed by atoms with Gasteiger partial charge in [0.15, 0.2) is 0 Å². The molecule has 2 aromatic heterocycles.